The Kier molecular flexibility index (Phi) is 3.71. The molecule has 0 spiro atoms. The molecule has 0 radical (unpaired) electrons. The van der Waals surface area contributed by atoms with Crippen molar-refractivity contribution in [2.24, 2.45) is 7.05 Å². The maximum Gasteiger partial charge on any atom is 0.239 e. The van der Waals surface area contributed by atoms with Crippen molar-refractivity contribution in [3.05, 3.63) is 11.3 Å². The summed E-state index contributed by atoms with van der Waals surface area (Å²) in [6.07, 6.45) is 3.21. The molecule has 100 valence electrons. The van der Waals surface area contributed by atoms with Gasteiger partial charge >= 0.3 is 0 Å². The Morgan fingerprint density at radius 1 is 1.50 bits per heavy atom. The van der Waals surface area contributed by atoms with Crippen LogP contribution < -0.4 is 5.32 Å². The minimum atomic E-state index is 0.0314. The topological polar surface area (TPSA) is 50.2 Å². The summed E-state index contributed by atoms with van der Waals surface area (Å²) in [4.78, 5) is 14.0. The van der Waals surface area contributed by atoms with Gasteiger partial charge in [0.1, 0.15) is 5.82 Å². The highest BCUT2D eigenvalue weighted by molar-refractivity contribution is 5.92. The molecule has 0 atom stereocenters. The summed E-state index contributed by atoms with van der Waals surface area (Å²) >= 11 is 0. The number of fused-ring (bicyclic) bond motifs is 1. The van der Waals surface area contributed by atoms with Crippen LogP contribution in [0.5, 0.6) is 0 Å². The first-order valence-corrected chi connectivity index (χ1v) is 6.54. The molecule has 1 heterocycles. The molecule has 1 aromatic rings. The first-order valence-electron chi connectivity index (χ1n) is 6.54. The van der Waals surface area contributed by atoms with Crippen LogP contribution in [0.2, 0.25) is 0 Å². The lowest BCUT2D eigenvalue weighted by atomic mass is 10.2. The molecule has 5 heteroatoms. The lowest BCUT2D eigenvalue weighted by Crippen LogP contribution is -2.35. The first-order chi connectivity index (χ1) is 8.49. The predicted molar refractivity (Wildman–Crippen MR) is 71.6 cm³/mol. The first kappa shape index (κ1) is 13.1. The summed E-state index contributed by atoms with van der Waals surface area (Å²) in [6, 6.07) is 0.369. The van der Waals surface area contributed by atoms with Gasteiger partial charge in [-0.05, 0) is 40.2 Å². The van der Waals surface area contributed by atoms with E-state index in [0.717, 1.165) is 30.8 Å². The zero-order valence-electron chi connectivity index (χ0n) is 11.7. The van der Waals surface area contributed by atoms with Gasteiger partial charge in [-0.15, -0.1) is 0 Å². The Labute approximate surface area is 108 Å². The van der Waals surface area contributed by atoms with Gasteiger partial charge in [-0.3, -0.25) is 14.4 Å². The number of hydrogen-bond acceptors (Lipinski definition) is 3. The smallest absolute Gasteiger partial charge is 0.239 e. The summed E-state index contributed by atoms with van der Waals surface area (Å²) in [5.74, 6) is 0.911. The molecule has 2 rings (SSSR count). The highest BCUT2D eigenvalue weighted by Crippen LogP contribution is 2.27. The molecule has 18 heavy (non-hydrogen) atoms. The van der Waals surface area contributed by atoms with Crippen LogP contribution in [0.4, 0.5) is 5.82 Å². The van der Waals surface area contributed by atoms with Gasteiger partial charge in [-0.2, -0.15) is 5.10 Å². The second kappa shape index (κ2) is 5.10. The number of likely N-dealkylation sites (N-methyl/N-ethyl adjacent to an activating group) is 1. The minimum absolute atomic E-state index is 0.0314. The summed E-state index contributed by atoms with van der Waals surface area (Å²) in [6.45, 7) is 4.57. The van der Waals surface area contributed by atoms with Crippen LogP contribution in [-0.4, -0.2) is 40.2 Å². The lowest BCUT2D eigenvalue weighted by molar-refractivity contribution is -0.117. The van der Waals surface area contributed by atoms with Gasteiger partial charge in [-0.25, -0.2) is 0 Å². The zero-order valence-corrected chi connectivity index (χ0v) is 11.7. The van der Waals surface area contributed by atoms with Gasteiger partial charge in [-0.1, -0.05) is 0 Å². The van der Waals surface area contributed by atoms with E-state index in [1.54, 1.807) is 4.68 Å². The largest absolute Gasteiger partial charge is 0.310 e. The van der Waals surface area contributed by atoms with Crippen molar-refractivity contribution in [1.29, 1.82) is 0 Å². The monoisotopic (exact) mass is 250 g/mol. The number of nitrogens with zero attached hydrogens (tertiary/aromatic N) is 3. The van der Waals surface area contributed by atoms with E-state index in [2.05, 4.69) is 24.3 Å². The summed E-state index contributed by atoms with van der Waals surface area (Å²) in [7, 11) is 3.85. The SMILES string of the molecule is CC(C)N(C)CC(=O)Nc1c2c(nn1C)CCC2. The molecule has 1 N–H and O–H groups in total. The van der Waals surface area contributed by atoms with Gasteiger partial charge in [0, 0.05) is 18.7 Å². The molecule has 0 aromatic carbocycles. The number of hydrogen-bond donors (Lipinski definition) is 1. The highest BCUT2D eigenvalue weighted by atomic mass is 16.2. The fraction of sp³-hybridized carbons (Fsp3) is 0.692. The van der Waals surface area contributed by atoms with Crippen molar-refractivity contribution in [1.82, 2.24) is 14.7 Å². The van der Waals surface area contributed by atoms with Crippen molar-refractivity contribution < 1.29 is 4.79 Å². The Morgan fingerprint density at radius 3 is 2.89 bits per heavy atom. The van der Waals surface area contributed by atoms with Crippen LogP contribution in [0, 0.1) is 0 Å². The van der Waals surface area contributed by atoms with E-state index >= 15 is 0 Å². The Hall–Kier alpha value is -1.36. The average molecular weight is 250 g/mol. The van der Waals surface area contributed by atoms with Crippen molar-refractivity contribution in [2.45, 2.75) is 39.2 Å². The Morgan fingerprint density at radius 2 is 2.22 bits per heavy atom. The number of amides is 1. The minimum Gasteiger partial charge on any atom is -0.310 e. The van der Waals surface area contributed by atoms with E-state index in [-0.39, 0.29) is 5.91 Å². The molecule has 1 aromatic heterocycles. The molecule has 0 aliphatic heterocycles. The molecule has 0 unspecified atom stereocenters. The lowest BCUT2D eigenvalue weighted by Gasteiger charge is -2.20. The van der Waals surface area contributed by atoms with Crippen molar-refractivity contribution >= 4 is 11.7 Å². The molecule has 0 fully saturated rings. The fourth-order valence-corrected chi connectivity index (χ4v) is 2.26. The van der Waals surface area contributed by atoms with Crippen LogP contribution in [0.15, 0.2) is 0 Å². The third-order valence-electron chi connectivity index (χ3n) is 3.60. The normalized spacial score (nSPS) is 14.3. The molecule has 1 aliphatic rings. The number of carbonyl (C=O) groups excluding carboxylic acids is 1. The second-order valence-electron chi connectivity index (χ2n) is 5.31. The van der Waals surface area contributed by atoms with E-state index in [4.69, 9.17) is 0 Å². The third-order valence-corrected chi connectivity index (χ3v) is 3.60. The van der Waals surface area contributed by atoms with Gasteiger partial charge in [0.15, 0.2) is 0 Å². The average Bonchev–Trinajstić information content (AvgIpc) is 2.82. The zero-order chi connectivity index (χ0) is 13.3. The summed E-state index contributed by atoms with van der Waals surface area (Å²) in [5.41, 5.74) is 2.36. The maximum absolute atomic E-state index is 12.0. The van der Waals surface area contributed by atoms with Crippen LogP contribution in [-0.2, 0) is 24.7 Å². The van der Waals surface area contributed by atoms with Gasteiger partial charge in [0.2, 0.25) is 5.91 Å². The summed E-state index contributed by atoms with van der Waals surface area (Å²) in [5, 5.41) is 7.44. The highest BCUT2D eigenvalue weighted by Gasteiger charge is 2.22. The molecule has 1 amide bonds. The third kappa shape index (κ3) is 2.56. The van der Waals surface area contributed by atoms with Gasteiger partial charge < -0.3 is 5.32 Å². The van der Waals surface area contributed by atoms with E-state index < -0.39 is 0 Å². The molecule has 0 saturated carbocycles. The van der Waals surface area contributed by atoms with E-state index in [1.165, 1.54) is 5.56 Å². The van der Waals surface area contributed by atoms with Gasteiger partial charge in [0.05, 0.1) is 12.2 Å². The van der Waals surface area contributed by atoms with Crippen molar-refractivity contribution in [3.8, 4) is 0 Å². The second-order valence-corrected chi connectivity index (χ2v) is 5.31. The van der Waals surface area contributed by atoms with Crippen LogP contribution in [0.1, 0.15) is 31.5 Å². The number of aryl methyl sites for hydroxylation is 2. The molecule has 1 aliphatic carbocycles. The fourth-order valence-electron chi connectivity index (χ4n) is 2.26. The van der Waals surface area contributed by atoms with Crippen LogP contribution >= 0.6 is 0 Å². The van der Waals surface area contributed by atoms with E-state index in [1.807, 2.05) is 19.0 Å². The maximum atomic E-state index is 12.0. The number of aromatic nitrogens is 2. The van der Waals surface area contributed by atoms with E-state index in [0.29, 0.717) is 12.6 Å². The molecular weight excluding hydrogens is 228 g/mol. The van der Waals surface area contributed by atoms with Crippen LogP contribution in [0.25, 0.3) is 0 Å². The van der Waals surface area contributed by atoms with Crippen molar-refractivity contribution in [2.75, 3.05) is 18.9 Å². The molecule has 0 saturated heterocycles. The van der Waals surface area contributed by atoms with Gasteiger partial charge in [0.25, 0.3) is 0 Å². The Balaban J connectivity index is 2.04. The molecular formula is C13H22N4O. The Bertz CT molecular complexity index is 450. The number of nitrogens with one attached hydrogen (secondary N) is 1. The molecule has 5 nitrogen and oxygen atoms in total. The molecule has 0 bridgehead atoms. The number of carbonyl (C=O) groups is 1. The van der Waals surface area contributed by atoms with E-state index in [9.17, 15) is 4.79 Å². The predicted octanol–water partition coefficient (Wildman–Crippen LogP) is 1.19. The summed E-state index contributed by atoms with van der Waals surface area (Å²) < 4.78 is 1.79. The van der Waals surface area contributed by atoms with Crippen LogP contribution in [0.3, 0.4) is 0 Å². The number of rotatable bonds is 4. The number of anilines is 1. The standard InChI is InChI=1S/C13H22N4O/c1-9(2)16(3)8-12(18)14-13-10-6-5-7-11(10)15-17(13)4/h9H,5-8H2,1-4H3,(H,14,18). The van der Waals surface area contributed by atoms with Crippen molar-refractivity contribution in [3.63, 3.8) is 0 Å². The quantitative estimate of drug-likeness (QED) is 0.873.